The van der Waals surface area contributed by atoms with Crippen LogP contribution in [0.1, 0.15) is 34.1 Å². The zero-order valence-corrected chi connectivity index (χ0v) is 31.9. The molecule has 0 bridgehead atoms. The second-order valence-electron chi connectivity index (χ2n) is 13.6. The van der Waals surface area contributed by atoms with E-state index in [0.29, 0.717) is 34.0 Å². The first kappa shape index (κ1) is 41.2. The average molecular weight is 841 g/mol. The van der Waals surface area contributed by atoms with Gasteiger partial charge < -0.3 is 19.7 Å². The highest BCUT2D eigenvalue weighted by molar-refractivity contribution is 6.09. The first-order valence-corrected chi connectivity index (χ1v) is 18.4. The molecule has 6 aromatic carbocycles. The Hall–Kier alpha value is -8.94. The van der Waals surface area contributed by atoms with Gasteiger partial charge in [0.05, 0.1) is 55.1 Å². The van der Waals surface area contributed by atoms with E-state index in [4.69, 9.17) is 9.47 Å². The molecule has 0 saturated carbocycles. The van der Waals surface area contributed by atoms with E-state index >= 15 is 0 Å². The molecule has 0 amide bonds. The number of rotatable bonds is 10. The maximum atomic E-state index is 11.4. The monoisotopic (exact) mass is 840 g/mol. The molecule has 2 atom stereocenters. The number of nitrogens with zero attached hydrogens (tertiary/aromatic N) is 6. The molecule has 6 aromatic rings. The van der Waals surface area contributed by atoms with Gasteiger partial charge in [0.2, 0.25) is 0 Å². The van der Waals surface area contributed by atoms with Gasteiger partial charge >= 0.3 is 11.4 Å². The summed E-state index contributed by atoms with van der Waals surface area (Å²) < 4.78 is 11.6. The number of aromatic hydroxyl groups is 2. The number of fused-ring (bicyclic) bond motifs is 2. The summed E-state index contributed by atoms with van der Waals surface area (Å²) in [6, 6.07) is 34.8. The summed E-state index contributed by atoms with van der Waals surface area (Å²) in [7, 11) is 0. The minimum atomic E-state index is -0.714. The predicted octanol–water partition coefficient (Wildman–Crippen LogP) is 8.40. The number of non-ortho nitro benzene ring substituents is 2. The molecule has 0 spiro atoms. The van der Waals surface area contributed by atoms with Crippen LogP contribution in [0.4, 0.5) is 34.1 Å². The normalized spacial score (nSPS) is 16.3. The third-order valence-electron chi connectivity index (χ3n) is 9.73. The fraction of sp³-hybridized carbons (Fsp3) is 0.0952. The van der Waals surface area contributed by atoms with Crippen molar-refractivity contribution < 1.29 is 39.4 Å². The lowest BCUT2D eigenvalue weighted by Gasteiger charge is -2.27. The van der Waals surface area contributed by atoms with E-state index in [1.165, 1.54) is 42.5 Å². The number of hydrogen-bond acceptors (Lipinski definition) is 16. The molecule has 20 nitrogen and oxygen atoms in total. The number of nitrogens with one attached hydrogen (secondary N) is 2. The molecule has 2 aliphatic rings. The highest BCUT2D eigenvalue weighted by Crippen LogP contribution is 2.38. The number of phenols is 2. The van der Waals surface area contributed by atoms with Crippen molar-refractivity contribution in [1.29, 1.82) is 0 Å². The second-order valence-corrected chi connectivity index (χ2v) is 13.6. The number of hydrazone groups is 2. The topological polar surface area (TPSA) is 280 Å². The first-order chi connectivity index (χ1) is 29.9. The highest BCUT2D eigenvalue weighted by atomic mass is 16.6. The van der Waals surface area contributed by atoms with Gasteiger partial charge in [-0.15, -0.1) is 0 Å². The number of nitro benzene ring substituents is 4. The van der Waals surface area contributed by atoms with Crippen LogP contribution in [0.15, 0.2) is 144 Å². The minimum Gasteiger partial charge on any atom is -0.508 e. The van der Waals surface area contributed by atoms with Crippen molar-refractivity contribution in [3.63, 3.8) is 0 Å². The molecule has 0 aromatic heterocycles. The molecule has 2 heterocycles. The summed E-state index contributed by atoms with van der Waals surface area (Å²) in [4.78, 5) is 41.9. The lowest BCUT2D eigenvalue weighted by molar-refractivity contribution is -0.393. The van der Waals surface area contributed by atoms with Crippen molar-refractivity contribution >= 4 is 45.5 Å². The summed E-state index contributed by atoms with van der Waals surface area (Å²) >= 11 is 0. The number of nitro groups is 4. The Morgan fingerprint density at radius 2 is 0.952 bits per heavy atom. The van der Waals surface area contributed by atoms with E-state index in [2.05, 4.69) is 21.1 Å². The van der Waals surface area contributed by atoms with Gasteiger partial charge in [0.1, 0.15) is 47.6 Å². The van der Waals surface area contributed by atoms with Crippen LogP contribution in [0.25, 0.3) is 0 Å². The number of anilines is 2. The van der Waals surface area contributed by atoms with Crippen LogP contribution < -0.4 is 20.3 Å². The number of ether oxygens (including phenoxy) is 2. The third-order valence-corrected chi connectivity index (χ3v) is 9.73. The van der Waals surface area contributed by atoms with Gasteiger partial charge in [0.15, 0.2) is 0 Å². The highest BCUT2D eigenvalue weighted by Gasteiger charge is 2.31. The Balaban J connectivity index is 0.000000186. The van der Waals surface area contributed by atoms with Gasteiger partial charge in [-0.1, -0.05) is 60.7 Å². The van der Waals surface area contributed by atoms with Crippen LogP contribution in [0, 0.1) is 40.5 Å². The van der Waals surface area contributed by atoms with Gasteiger partial charge in [-0.25, -0.2) is 0 Å². The smallest absolute Gasteiger partial charge is 0.301 e. The maximum absolute atomic E-state index is 11.4. The molecule has 8 rings (SSSR count). The fourth-order valence-electron chi connectivity index (χ4n) is 6.72. The molecular weight excluding hydrogens is 809 g/mol. The Kier molecular flexibility index (Phi) is 11.9. The molecule has 0 fully saturated rings. The molecule has 0 saturated heterocycles. The van der Waals surface area contributed by atoms with E-state index < -0.39 is 36.8 Å². The summed E-state index contributed by atoms with van der Waals surface area (Å²) in [6.07, 6.45) is 0. The number of hydrogen-bond donors (Lipinski definition) is 4. The van der Waals surface area contributed by atoms with Gasteiger partial charge in [0, 0.05) is 29.3 Å². The van der Waals surface area contributed by atoms with Crippen molar-refractivity contribution in [3.8, 4) is 23.0 Å². The molecule has 20 heteroatoms. The standard InChI is InChI=1S/2C21H16N4O6/c26-15-7-8-16-20(11-15)31-12-17(13-4-2-1-3-5-13)21(16)23-22-18-9-6-14(24(27)28)10-19(18)25(29)30;26-15-7-9-20-16(11-15)21(17(12-31-20)13-4-2-1-3-5-13)23-22-18-8-6-14(24(27)28)10-19(18)25(29)30/h2*1-11,17,22,26H,12H2. The molecule has 2 aliphatic heterocycles. The summed E-state index contributed by atoms with van der Waals surface area (Å²) in [5, 5.41) is 73.3. The van der Waals surface area contributed by atoms with Crippen LogP contribution in [0.5, 0.6) is 23.0 Å². The SMILES string of the molecule is O=[N+]([O-])c1ccc(NN=C2c3cc(O)ccc3OCC2c2ccccc2)c([N+](=O)[O-])c1.O=[N+]([O-])c1ccc(NN=C2c3ccc(O)cc3OCC2c2ccccc2)c([N+](=O)[O-])c1. The molecule has 312 valence electrons. The van der Waals surface area contributed by atoms with E-state index in [0.717, 1.165) is 29.3 Å². The molecule has 62 heavy (non-hydrogen) atoms. The van der Waals surface area contributed by atoms with E-state index in [1.807, 2.05) is 60.7 Å². The van der Waals surface area contributed by atoms with Crippen molar-refractivity contribution in [2.75, 3.05) is 24.1 Å². The number of phenolic OH excluding ortho intramolecular Hbond substituents is 2. The minimum absolute atomic E-state index is 0.00288. The first-order valence-electron chi connectivity index (χ1n) is 18.4. The Morgan fingerprint density at radius 1 is 0.500 bits per heavy atom. The van der Waals surface area contributed by atoms with E-state index in [9.17, 15) is 50.7 Å². The largest absolute Gasteiger partial charge is 0.508 e. The zero-order valence-electron chi connectivity index (χ0n) is 31.9. The van der Waals surface area contributed by atoms with Gasteiger partial charge in [-0.2, -0.15) is 10.2 Å². The van der Waals surface area contributed by atoms with Crippen molar-refractivity contribution in [2.45, 2.75) is 11.8 Å². The van der Waals surface area contributed by atoms with Gasteiger partial charge in [0.25, 0.3) is 11.4 Å². The predicted molar refractivity (Wildman–Crippen MR) is 225 cm³/mol. The molecule has 0 radical (unpaired) electrons. The Bertz CT molecular complexity index is 2770. The molecule has 0 aliphatic carbocycles. The molecule has 4 N–H and O–H groups in total. The lowest BCUT2D eigenvalue weighted by atomic mass is 9.88. The average Bonchev–Trinajstić information content (AvgIpc) is 3.27. The summed E-state index contributed by atoms with van der Waals surface area (Å²) in [5.74, 6) is 0.429. The third kappa shape index (κ3) is 9.03. The van der Waals surface area contributed by atoms with Gasteiger partial charge in [-0.3, -0.25) is 51.3 Å². The van der Waals surface area contributed by atoms with Gasteiger partial charge in [-0.05, 0) is 53.6 Å². The van der Waals surface area contributed by atoms with Crippen molar-refractivity contribution in [2.24, 2.45) is 10.2 Å². The maximum Gasteiger partial charge on any atom is 0.301 e. The molecular formula is C42H32N8O12. The van der Waals surface area contributed by atoms with Crippen LogP contribution in [0.2, 0.25) is 0 Å². The Labute approximate surface area is 349 Å². The van der Waals surface area contributed by atoms with E-state index in [1.54, 1.807) is 12.1 Å². The number of benzene rings is 6. The van der Waals surface area contributed by atoms with Crippen LogP contribution in [-0.2, 0) is 0 Å². The fourth-order valence-corrected chi connectivity index (χ4v) is 6.72. The zero-order chi connectivity index (χ0) is 43.9. The Morgan fingerprint density at radius 3 is 1.44 bits per heavy atom. The van der Waals surface area contributed by atoms with Crippen LogP contribution in [-0.4, -0.2) is 54.5 Å². The van der Waals surface area contributed by atoms with E-state index in [-0.39, 0.29) is 53.6 Å². The summed E-state index contributed by atoms with van der Waals surface area (Å²) in [6.45, 7) is 0.536. The van der Waals surface area contributed by atoms with Crippen molar-refractivity contribution in [1.82, 2.24) is 0 Å². The quantitative estimate of drug-likeness (QED) is 0.0744. The lowest BCUT2D eigenvalue weighted by Crippen LogP contribution is -2.27. The second kappa shape index (κ2) is 17.9. The summed E-state index contributed by atoms with van der Waals surface area (Å²) in [5.41, 5.74) is 7.73. The van der Waals surface area contributed by atoms with Crippen LogP contribution in [0.3, 0.4) is 0 Å². The van der Waals surface area contributed by atoms with Crippen molar-refractivity contribution in [3.05, 3.63) is 196 Å². The van der Waals surface area contributed by atoms with Crippen LogP contribution >= 0.6 is 0 Å². The molecule has 2 unspecified atom stereocenters.